The highest BCUT2D eigenvalue weighted by atomic mass is 32.1. The van der Waals surface area contributed by atoms with Crippen LogP contribution in [0.3, 0.4) is 0 Å². The largest absolute Gasteiger partial charge is 0.503 e. The molecule has 0 spiro atoms. The molecule has 29 heavy (non-hydrogen) atoms. The van der Waals surface area contributed by atoms with E-state index in [1.54, 1.807) is 28.0 Å². The number of hydrogen-bond acceptors (Lipinski definition) is 5. The lowest BCUT2D eigenvalue weighted by atomic mass is 10.1. The Morgan fingerprint density at radius 1 is 1.14 bits per heavy atom. The minimum atomic E-state index is -0.653. The summed E-state index contributed by atoms with van der Waals surface area (Å²) in [6.07, 6.45) is 0.687. The Hall–Kier alpha value is -3.13. The average molecular weight is 414 g/mol. The Morgan fingerprint density at radius 3 is 2.66 bits per heavy atom. The quantitative estimate of drug-likeness (QED) is 0.673. The lowest BCUT2D eigenvalue weighted by Crippen LogP contribution is -2.41. The highest BCUT2D eigenvalue weighted by Crippen LogP contribution is 2.26. The molecule has 150 valence electrons. The molecule has 3 aromatic rings. The van der Waals surface area contributed by atoms with E-state index in [1.807, 2.05) is 17.5 Å². The van der Waals surface area contributed by atoms with Crippen LogP contribution in [0.5, 0.6) is 11.6 Å². The third-order valence-electron chi connectivity index (χ3n) is 4.80. The topological polar surface area (TPSA) is 71.8 Å². The number of aromatic hydroxyl groups is 1. The van der Waals surface area contributed by atoms with Crippen LogP contribution < -0.4 is 10.2 Å². The molecule has 2 aromatic heterocycles. The van der Waals surface area contributed by atoms with E-state index < -0.39 is 17.1 Å². The Morgan fingerprint density at radius 2 is 1.93 bits per heavy atom. The van der Waals surface area contributed by atoms with Crippen molar-refractivity contribution in [3.05, 3.63) is 80.0 Å². The monoisotopic (exact) mass is 414 g/mol. The summed E-state index contributed by atoms with van der Waals surface area (Å²) in [5, 5.41) is 12.2. The average Bonchev–Trinajstić information content (AvgIpc) is 3.22. The normalized spacial score (nSPS) is 13.4. The molecule has 0 saturated carbocycles. The first-order valence-corrected chi connectivity index (χ1v) is 10.1. The van der Waals surface area contributed by atoms with Crippen LogP contribution in [0, 0.1) is 5.82 Å². The number of nitrogens with zero attached hydrogens (tertiary/aromatic N) is 2. The highest BCUT2D eigenvalue weighted by molar-refractivity contribution is 7.09. The van der Waals surface area contributed by atoms with Gasteiger partial charge in [-0.25, -0.2) is 4.39 Å². The molecule has 1 aromatic carbocycles. The number of hydrogen-bond donors (Lipinski definition) is 1. The van der Waals surface area contributed by atoms with Gasteiger partial charge < -0.3 is 19.3 Å². The third kappa shape index (κ3) is 4.02. The number of fused-ring (bicyclic) bond motifs is 1. The van der Waals surface area contributed by atoms with Gasteiger partial charge >= 0.3 is 0 Å². The fourth-order valence-corrected chi connectivity index (χ4v) is 4.01. The van der Waals surface area contributed by atoms with E-state index in [2.05, 4.69) is 0 Å². The van der Waals surface area contributed by atoms with Crippen LogP contribution in [0.2, 0.25) is 0 Å². The number of halogens is 1. The molecule has 0 bridgehead atoms. The van der Waals surface area contributed by atoms with E-state index in [4.69, 9.17) is 4.74 Å². The van der Waals surface area contributed by atoms with Crippen molar-refractivity contribution in [1.82, 2.24) is 9.47 Å². The molecule has 4 rings (SSSR count). The van der Waals surface area contributed by atoms with Crippen molar-refractivity contribution >= 4 is 17.2 Å². The maximum Gasteiger partial charge on any atom is 0.274 e. The molecule has 0 radical (unpaired) electrons. The lowest BCUT2D eigenvalue weighted by molar-refractivity contribution is 0.0674. The number of carbonyl (C=O) groups is 1. The summed E-state index contributed by atoms with van der Waals surface area (Å²) in [5.74, 6) is -1.12. The van der Waals surface area contributed by atoms with E-state index in [9.17, 15) is 19.1 Å². The highest BCUT2D eigenvalue weighted by Gasteiger charge is 2.30. The van der Waals surface area contributed by atoms with Gasteiger partial charge in [0.05, 0.1) is 6.61 Å². The van der Waals surface area contributed by atoms with Crippen LogP contribution in [0.4, 0.5) is 4.39 Å². The number of thiophene rings is 1. The number of amides is 1. The molecule has 1 aliphatic heterocycles. The Bertz CT molecular complexity index is 1080. The number of carbonyl (C=O) groups excluding carboxylic acids is 1. The third-order valence-corrected chi connectivity index (χ3v) is 5.73. The van der Waals surface area contributed by atoms with Gasteiger partial charge in [0, 0.05) is 37.0 Å². The number of ether oxygens (including phenoxy) is 1. The van der Waals surface area contributed by atoms with Crippen molar-refractivity contribution < 1.29 is 19.0 Å². The molecular formula is C21H19FN2O4S. The summed E-state index contributed by atoms with van der Waals surface area (Å²) in [6.45, 7) is 1.38. The minimum absolute atomic E-state index is 0.0722. The molecule has 1 amide bonds. The molecule has 0 aliphatic carbocycles. The standard InChI is InChI=1S/C21H19FN2O4S/c22-15-5-3-14(4-6-15)13-23-8-9-24-18(28-10-7-16-2-1-11-29-16)12-17(25)20(26)19(24)21(23)27/h1-6,11-12,26H,7-10,13H2. The van der Waals surface area contributed by atoms with Crippen molar-refractivity contribution in [2.45, 2.75) is 19.5 Å². The van der Waals surface area contributed by atoms with E-state index in [-0.39, 0.29) is 23.9 Å². The second kappa shape index (κ2) is 8.08. The first kappa shape index (κ1) is 19.2. The van der Waals surface area contributed by atoms with E-state index >= 15 is 0 Å². The van der Waals surface area contributed by atoms with E-state index in [0.717, 1.165) is 10.4 Å². The fraction of sp³-hybridized carbons (Fsp3) is 0.238. The maximum absolute atomic E-state index is 13.1. The smallest absolute Gasteiger partial charge is 0.274 e. The molecule has 0 fully saturated rings. The van der Waals surface area contributed by atoms with Crippen LogP contribution >= 0.6 is 11.3 Å². The van der Waals surface area contributed by atoms with Crippen molar-refractivity contribution in [3.63, 3.8) is 0 Å². The Kier molecular flexibility index (Phi) is 5.35. The summed E-state index contributed by atoms with van der Waals surface area (Å²) in [5.41, 5.74) is 0.0368. The van der Waals surface area contributed by atoms with Crippen molar-refractivity contribution in [2.24, 2.45) is 0 Å². The van der Waals surface area contributed by atoms with Crippen molar-refractivity contribution in [1.29, 1.82) is 0 Å². The SMILES string of the molecule is O=C1c2c(O)c(=O)cc(OCCc3cccs3)n2CCN1Cc1ccc(F)cc1. The van der Waals surface area contributed by atoms with Gasteiger partial charge in [-0.2, -0.15) is 0 Å². The summed E-state index contributed by atoms with van der Waals surface area (Å²) in [6, 6.07) is 11.1. The predicted octanol–water partition coefficient (Wildman–Crippen LogP) is 3.03. The molecule has 0 unspecified atom stereocenters. The summed E-state index contributed by atoms with van der Waals surface area (Å²) >= 11 is 1.62. The van der Waals surface area contributed by atoms with Crippen LogP contribution in [-0.4, -0.2) is 33.6 Å². The molecule has 3 heterocycles. The van der Waals surface area contributed by atoms with Gasteiger partial charge in [-0.3, -0.25) is 9.59 Å². The second-order valence-electron chi connectivity index (χ2n) is 6.73. The van der Waals surface area contributed by atoms with Crippen LogP contribution in [0.1, 0.15) is 20.9 Å². The zero-order valence-electron chi connectivity index (χ0n) is 15.5. The summed E-state index contributed by atoms with van der Waals surface area (Å²) < 4.78 is 20.4. The minimum Gasteiger partial charge on any atom is -0.503 e. The van der Waals surface area contributed by atoms with Gasteiger partial charge in [0.2, 0.25) is 5.43 Å². The lowest BCUT2D eigenvalue weighted by Gasteiger charge is -2.31. The predicted molar refractivity (Wildman–Crippen MR) is 107 cm³/mol. The zero-order valence-corrected chi connectivity index (χ0v) is 16.3. The molecule has 0 saturated heterocycles. The number of pyridine rings is 1. The number of aromatic nitrogens is 1. The van der Waals surface area contributed by atoms with Crippen molar-refractivity contribution in [2.75, 3.05) is 13.2 Å². The van der Waals surface area contributed by atoms with Crippen LogP contribution in [0.15, 0.2) is 52.6 Å². The van der Waals surface area contributed by atoms with E-state index in [1.165, 1.54) is 23.1 Å². The summed E-state index contributed by atoms with van der Waals surface area (Å²) in [7, 11) is 0. The molecule has 6 nitrogen and oxygen atoms in total. The van der Waals surface area contributed by atoms with Gasteiger partial charge in [0.25, 0.3) is 5.91 Å². The van der Waals surface area contributed by atoms with Gasteiger partial charge in [0.1, 0.15) is 5.82 Å². The van der Waals surface area contributed by atoms with Gasteiger partial charge in [-0.1, -0.05) is 18.2 Å². The zero-order chi connectivity index (χ0) is 20.4. The molecule has 8 heteroatoms. The van der Waals surface area contributed by atoms with Gasteiger partial charge in [-0.05, 0) is 29.1 Å². The van der Waals surface area contributed by atoms with Crippen molar-refractivity contribution in [3.8, 4) is 11.6 Å². The first-order valence-electron chi connectivity index (χ1n) is 9.18. The molecule has 1 N–H and O–H groups in total. The van der Waals surface area contributed by atoms with Gasteiger partial charge in [0.15, 0.2) is 17.3 Å². The number of rotatable bonds is 6. The molecule has 0 atom stereocenters. The fourth-order valence-electron chi connectivity index (χ4n) is 3.32. The Balaban J connectivity index is 1.56. The maximum atomic E-state index is 13.1. The number of benzene rings is 1. The Labute approximate surface area is 170 Å². The van der Waals surface area contributed by atoms with Gasteiger partial charge in [-0.15, -0.1) is 11.3 Å². The first-order chi connectivity index (χ1) is 14.0. The second-order valence-corrected chi connectivity index (χ2v) is 7.76. The van der Waals surface area contributed by atoms with E-state index in [0.29, 0.717) is 26.1 Å². The van der Waals surface area contributed by atoms with Crippen LogP contribution in [-0.2, 0) is 19.5 Å². The van der Waals surface area contributed by atoms with Crippen LogP contribution in [0.25, 0.3) is 0 Å². The molecular weight excluding hydrogens is 395 g/mol. The molecule has 1 aliphatic rings. The summed E-state index contributed by atoms with van der Waals surface area (Å²) in [4.78, 5) is 27.8.